The van der Waals surface area contributed by atoms with E-state index in [4.69, 9.17) is 0 Å². The predicted octanol–water partition coefficient (Wildman–Crippen LogP) is 0.0648. The molecule has 1 N–H and O–H groups in total. The maximum atomic E-state index is 12.4. The zero-order valence-corrected chi connectivity index (χ0v) is 13.0. The van der Waals surface area contributed by atoms with Gasteiger partial charge < -0.3 is 15.2 Å². The highest BCUT2D eigenvalue weighted by Crippen LogP contribution is 2.12. The van der Waals surface area contributed by atoms with Gasteiger partial charge in [0, 0.05) is 11.4 Å². The molecule has 7 heteroatoms. The Labute approximate surface area is 132 Å². The monoisotopic (exact) mass is 316 g/mol. The summed E-state index contributed by atoms with van der Waals surface area (Å²) in [6, 6.07) is 6.20. The highest BCUT2D eigenvalue weighted by molar-refractivity contribution is 6.00. The van der Waals surface area contributed by atoms with Gasteiger partial charge in [-0.3, -0.25) is 9.59 Å². The zero-order valence-electron chi connectivity index (χ0n) is 13.0. The number of carbonyl (C=O) groups excluding carboxylic acids is 2. The van der Waals surface area contributed by atoms with E-state index in [-0.39, 0.29) is 35.0 Å². The van der Waals surface area contributed by atoms with Crippen molar-refractivity contribution >= 4 is 22.6 Å². The van der Waals surface area contributed by atoms with Gasteiger partial charge in [0.15, 0.2) is 0 Å². The number of hydrogen-bond donors (Lipinski definition) is 1. The normalized spacial score (nSPS) is 12.1. The SMILES string of the molecule is CCC[C@H](C)NC(=O)Cn1nc(C(=O)[O-])c2ccccc2c1=O. The highest BCUT2D eigenvalue weighted by Gasteiger charge is 2.14. The number of rotatable bonds is 6. The van der Waals surface area contributed by atoms with E-state index in [1.54, 1.807) is 12.1 Å². The second kappa shape index (κ2) is 7.04. The van der Waals surface area contributed by atoms with E-state index in [2.05, 4.69) is 10.4 Å². The number of hydrogen-bond acceptors (Lipinski definition) is 5. The minimum absolute atomic E-state index is 0.0238. The lowest BCUT2D eigenvalue weighted by atomic mass is 10.1. The lowest BCUT2D eigenvalue weighted by Gasteiger charge is -2.14. The molecule has 23 heavy (non-hydrogen) atoms. The fraction of sp³-hybridized carbons (Fsp3) is 0.375. The molecule has 0 aliphatic rings. The van der Waals surface area contributed by atoms with E-state index in [9.17, 15) is 19.5 Å². The number of nitrogens with zero attached hydrogens (tertiary/aromatic N) is 2. The van der Waals surface area contributed by atoms with Crippen LogP contribution in [0, 0.1) is 0 Å². The summed E-state index contributed by atoms with van der Waals surface area (Å²) in [5, 5.41) is 18.2. The van der Waals surface area contributed by atoms with Crippen LogP contribution >= 0.6 is 0 Å². The van der Waals surface area contributed by atoms with Crippen molar-refractivity contribution in [3.8, 4) is 0 Å². The zero-order chi connectivity index (χ0) is 17.0. The molecule has 2 aromatic rings. The van der Waals surface area contributed by atoms with Crippen LogP contribution in [0.5, 0.6) is 0 Å². The highest BCUT2D eigenvalue weighted by atomic mass is 16.4. The first-order valence-electron chi connectivity index (χ1n) is 7.44. The molecule has 2 rings (SSSR count). The fourth-order valence-electron chi connectivity index (χ4n) is 2.45. The smallest absolute Gasteiger partial charge is 0.275 e. The quantitative estimate of drug-likeness (QED) is 0.812. The molecule has 0 saturated carbocycles. The minimum atomic E-state index is -1.49. The van der Waals surface area contributed by atoms with Gasteiger partial charge in [0.05, 0.1) is 11.4 Å². The third-order valence-electron chi connectivity index (χ3n) is 3.48. The standard InChI is InChI=1S/C16H19N3O4/c1-3-6-10(2)17-13(20)9-19-15(21)12-8-5-4-7-11(12)14(18-19)16(22)23/h4-5,7-8,10H,3,6,9H2,1-2H3,(H,17,20)(H,22,23)/p-1/t10-/m0/s1. The molecule has 122 valence electrons. The van der Waals surface area contributed by atoms with E-state index in [1.807, 2.05) is 13.8 Å². The van der Waals surface area contributed by atoms with Crippen molar-refractivity contribution in [2.75, 3.05) is 0 Å². The van der Waals surface area contributed by atoms with Gasteiger partial charge in [-0.05, 0) is 19.4 Å². The molecule has 7 nitrogen and oxygen atoms in total. The van der Waals surface area contributed by atoms with Crippen molar-refractivity contribution < 1.29 is 14.7 Å². The minimum Gasteiger partial charge on any atom is -0.543 e. The third-order valence-corrected chi connectivity index (χ3v) is 3.48. The van der Waals surface area contributed by atoms with Gasteiger partial charge in [-0.1, -0.05) is 31.5 Å². The van der Waals surface area contributed by atoms with Crippen LogP contribution < -0.4 is 16.0 Å². The molecule has 1 atom stereocenters. The van der Waals surface area contributed by atoms with Crippen molar-refractivity contribution in [3.63, 3.8) is 0 Å². The molecule has 0 saturated heterocycles. The Morgan fingerprint density at radius 3 is 2.57 bits per heavy atom. The maximum Gasteiger partial charge on any atom is 0.275 e. The van der Waals surface area contributed by atoms with Crippen LogP contribution in [0.2, 0.25) is 0 Å². The summed E-state index contributed by atoms with van der Waals surface area (Å²) in [7, 11) is 0. The Hall–Kier alpha value is -2.70. The summed E-state index contributed by atoms with van der Waals surface area (Å²) in [5.41, 5.74) is -0.862. The number of benzene rings is 1. The largest absolute Gasteiger partial charge is 0.543 e. The van der Waals surface area contributed by atoms with E-state index >= 15 is 0 Å². The summed E-state index contributed by atoms with van der Waals surface area (Å²) in [5.74, 6) is -1.88. The van der Waals surface area contributed by atoms with Crippen molar-refractivity contribution in [2.45, 2.75) is 39.3 Å². The lowest BCUT2D eigenvalue weighted by Crippen LogP contribution is -2.39. The molecule has 0 fully saturated rings. The second-order valence-electron chi connectivity index (χ2n) is 5.40. The predicted molar refractivity (Wildman–Crippen MR) is 82.8 cm³/mol. The van der Waals surface area contributed by atoms with Gasteiger partial charge in [0.25, 0.3) is 5.56 Å². The van der Waals surface area contributed by atoms with Crippen LogP contribution in [0.25, 0.3) is 10.8 Å². The molecular formula is C16H18N3O4-. The number of carbonyl (C=O) groups is 2. The van der Waals surface area contributed by atoms with Crippen LogP contribution in [0.1, 0.15) is 37.2 Å². The molecule has 0 spiro atoms. The Kier molecular flexibility index (Phi) is 5.10. The Morgan fingerprint density at radius 2 is 1.96 bits per heavy atom. The first-order valence-corrected chi connectivity index (χ1v) is 7.44. The van der Waals surface area contributed by atoms with Gasteiger partial charge in [-0.15, -0.1) is 0 Å². The molecule has 1 amide bonds. The van der Waals surface area contributed by atoms with E-state index < -0.39 is 11.5 Å². The summed E-state index contributed by atoms with van der Waals surface area (Å²) in [6.07, 6.45) is 1.74. The molecule has 0 unspecified atom stereocenters. The van der Waals surface area contributed by atoms with E-state index in [0.29, 0.717) is 0 Å². The van der Waals surface area contributed by atoms with Gasteiger partial charge >= 0.3 is 0 Å². The summed E-state index contributed by atoms with van der Waals surface area (Å²) < 4.78 is 0.863. The topological polar surface area (TPSA) is 104 Å². The maximum absolute atomic E-state index is 12.4. The van der Waals surface area contributed by atoms with Crippen molar-refractivity contribution in [1.82, 2.24) is 15.1 Å². The Morgan fingerprint density at radius 1 is 1.30 bits per heavy atom. The molecule has 1 aromatic carbocycles. The van der Waals surface area contributed by atoms with Crippen LogP contribution in [0.3, 0.4) is 0 Å². The number of carboxylic acids is 1. The second-order valence-corrected chi connectivity index (χ2v) is 5.40. The van der Waals surface area contributed by atoms with Gasteiger partial charge in [0.1, 0.15) is 12.2 Å². The van der Waals surface area contributed by atoms with Crippen LogP contribution in [-0.2, 0) is 11.3 Å². The molecule has 1 aromatic heterocycles. The number of amides is 1. The first-order chi connectivity index (χ1) is 10.9. The van der Waals surface area contributed by atoms with Gasteiger partial charge in [0.2, 0.25) is 5.91 Å². The fourth-order valence-corrected chi connectivity index (χ4v) is 2.45. The van der Waals surface area contributed by atoms with Crippen molar-refractivity contribution in [2.24, 2.45) is 0 Å². The van der Waals surface area contributed by atoms with Crippen molar-refractivity contribution in [1.29, 1.82) is 0 Å². The van der Waals surface area contributed by atoms with Gasteiger partial charge in [-0.2, -0.15) is 5.10 Å². The number of fused-ring (bicyclic) bond motifs is 1. The van der Waals surface area contributed by atoms with E-state index in [1.165, 1.54) is 12.1 Å². The molecule has 1 heterocycles. The number of aromatic nitrogens is 2. The van der Waals surface area contributed by atoms with Crippen LogP contribution in [-0.4, -0.2) is 27.7 Å². The Balaban J connectivity index is 2.38. The average molecular weight is 316 g/mol. The lowest BCUT2D eigenvalue weighted by molar-refractivity contribution is -0.255. The number of nitrogens with one attached hydrogen (secondary N) is 1. The average Bonchev–Trinajstić information content (AvgIpc) is 2.50. The Bertz CT molecular complexity index is 798. The molecule has 0 bridgehead atoms. The van der Waals surface area contributed by atoms with Gasteiger partial charge in [-0.25, -0.2) is 4.68 Å². The number of carboxylic acid groups (broad SMARTS) is 1. The van der Waals surface area contributed by atoms with Crippen LogP contribution in [0.4, 0.5) is 0 Å². The molecule has 0 aliphatic heterocycles. The van der Waals surface area contributed by atoms with E-state index in [0.717, 1.165) is 17.5 Å². The van der Waals surface area contributed by atoms with Crippen LogP contribution in [0.15, 0.2) is 29.1 Å². The molecular weight excluding hydrogens is 298 g/mol. The number of aromatic carboxylic acids is 1. The molecule has 0 radical (unpaired) electrons. The summed E-state index contributed by atoms with van der Waals surface area (Å²) >= 11 is 0. The van der Waals surface area contributed by atoms with Crippen molar-refractivity contribution in [3.05, 3.63) is 40.3 Å². The third kappa shape index (κ3) is 3.74. The summed E-state index contributed by atoms with van der Waals surface area (Å²) in [6.45, 7) is 3.53. The summed E-state index contributed by atoms with van der Waals surface area (Å²) in [4.78, 5) is 35.6. The first kappa shape index (κ1) is 16.7. The molecule has 0 aliphatic carbocycles.